The highest BCUT2D eigenvalue weighted by molar-refractivity contribution is 7.08. The van der Waals surface area contributed by atoms with E-state index in [4.69, 9.17) is 0 Å². The number of carbonyl (C=O) groups is 3. The fraction of sp³-hybridized carbons (Fsp3) is 0.235. The third-order valence-corrected chi connectivity index (χ3v) is 3.93. The van der Waals surface area contributed by atoms with Gasteiger partial charge in [0.1, 0.15) is 0 Å². The summed E-state index contributed by atoms with van der Waals surface area (Å²) in [4.78, 5) is 36.9. The number of hydrogen-bond acceptors (Lipinski definition) is 4. The predicted octanol–water partition coefficient (Wildman–Crippen LogP) is 2.21. The summed E-state index contributed by atoms with van der Waals surface area (Å²) in [5.41, 5.74) is 1.77. The Morgan fingerprint density at radius 2 is 1.75 bits per heavy atom. The average Bonchev–Trinajstić information content (AvgIpc) is 3.09. The summed E-state index contributed by atoms with van der Waals surface area (Å²) in [6.07, 6.45) is 0.175. The van der Waals surface area contributed by atoms with Crippen LogP contribution in [0.1, 0.15) is 27.1 Å². The molecule has 1 heterocycles. The number of nitrogens with one attached hydrogen (secondary N) is 2. The molecular formula is C17H19N3O3S. The van der Waals surface area contributed by atoms with Crippen LogP contribution in [-0.2, 0) is 4.79 Å². The Kier molecular flexibility index (Phi) is 6.08. The second-order valence-electron chi connectivity index (χ2n) is 5.34. The van der Waals surface area contributed by atoms with Gasteiger partial charge in [0.25, 0.3) is 11.8 Å². The van der Waals surface area contributed by atoms with Gasteiger partial charge in [-0.25, -0.2) is 0 Å². The van der Waals surface area contributed by atoms with Crippen molar-refractivity contribution in [2.24, 2.45) is 0 Å². The summed E-state index contributed by atoms with van der Waals surface area (Å²) in [7, 11) is 3.37. The van der Waals surface area contributed by atoms with Crippen LogP contribution in [0.5, 0.6) is 0 Å². The van der Waals surface area contributed by atoms with Crippen molar-refractivity contribution in [2.75, 3.05) is 26.0 Å². The molecule has 1 aromatic heterocycles. The molecule has 7 heteroatoms. The highest BCUT2D eigenvalue weighted by Crippen LogP contribution is 2.11. The molecule has 24 heavy (non-hydrogen) atoms. The van der Waals surface area contributed by atoms with Gasteiger partial charge in [0, 0.05) is 49.3 Å². The monoisotopic (exact) mass is 345 g/mol. The number of rotatable bonds is 6. The topological polar surface area (TPSA) is 78.5 Å². The van der Waals surface area contributed by atoms with Crippen molar-refractivity contribution in [2.45, 2.75) is 6.42 Å². The Morgan fingerprint density at radius 1 is 1.04 bits per heavy atom. The highest BCUT2D eigenvalue weighted by Gasteiger charge is 2.09. The number of nitrogens with zero attached hydrogens (tertiary/aromatic N) is 1. The van der Waals surface area contributed by atoms with Crippen LogP contribution in [0, 0.1) is 0 Å². The molecular weight excluding hydrogens is 326 g/mol. The minimum atomic E-state index is -0.202. The fourth-order valence-corrected chi connectivity index (χ4v) is 2.60. The molecule has 0 aliphatic carbocycles. The van der Waals surface area contributed by atoms with Gasteiger partial charge in [-0.3, -0.25) is 14.4 Å². The van der Waals surface area contributed by atoms with Crippen molar-refractivity contribution >= 4 is 34.7 Å². The molecule has 0 aliphatic heterocycles. The molecule has 2 aromatic rings. The van der Waals surface area contributed by atoms with Gasteiger partial charge >= 0.3 is 0 Å². The molecule has 0 fully saturated rings. The van der Waals surface area contributed by atoms with Gasteiger partial charge in [-0.15, -0.1) is 0 Å². The highest BCUT2D eigenvalue weighted by atomic mass is 32.1. The van der Waals surface area contributed by atoms with E-state index < -0.39 is 0 Å². The molecule has 1 aromatic carbocycles. The van der Waals surface area contributed by atoms with Crippen molar-refractivity contribution < 1.29 is 14.4 Å². The molecule has 0 spiro atoms. The zero-order chi connectivity index (χ0) is 17.5. The van der Waals surface area contributed by atoms with Crippen LogP contribution in [0.4, 0.5) is 5.69 Å². The van der Waals surface area contributed by atoms with E-state index in [9.17, 15) is 14.4 Å². The molecule has 2 N–H and O–H groups in total. The van der Waals surface area contributed by atoms with Crippen LogP contribution in [-0.4, -0.2) is 43.3 Å². The molecule has 0 atom stereocenters. The van der Waals surface area contributed by atoms with Gasteiger partial charge in [-0.2, -0.15) is 11.3 Å². The lowest BCUT2D eigenvalue weighted by Gasteiger charge is -2.11. The van der Waals surface area contributed by atoms with Crippen molar-refractivity contribution in [3.63, 3.8) is 0 Å². The smallest absolute Gasteiger partial charge is 0.253 e. The number of amides is 3. The zero-order valence-corrected chi connectivity index (χ0v) is 14.4. The maximum absolute atomic E-state index is 11.9. The first-order chi connectivity index (χ1) is 11.5. The number of benzene rings is 1. The minimum absolute atomic E-state index is 0.0935. The maximum Gasteiger partial charge on any atom is 0.253 e. The lowest BCUT2D eigenvalue weighted by Crippen LogP contribution is -2.27. The normalized spacial score (nSPS) is 10.1. The molecule has 0 radical (unpaired) electrons. The van der Waals surface area contributed by atoms with Gasteiger partial charge < -0.3 is 15.5 Å². The van der Waals surface area contributed by atoms with E-state index in [1.54, 1.807) is 49.8 Å². The Balaban J connectivity index is 1.78. The van der Waals surface area contributed by atoms with Crippen molar-refractivity contribution in [3.8, 4) is 0 Å². The number of hydrogen-bond donors (Lipinski definition) is 2. The molecule has 0 aliphatic rings. The molecule has 6 nitrogen and oxygen atoms in total. The van der Waals surface area contributed by atoms with E-state index in [1.165, 1.54) is 16.2 Å². The van der Waals surface area contributed by atoms with Crippen LogP contribution in [0.3, 0.4) is 0 Å². The van der Waals surface area contributed by atoms with Crippen LogP contribution in [0.2, 0.25) is 0 Å². The summed E-state index contributed by atoms with van der Waals surface area (Å²) in [5.74, 6) is -0.480. The largest absolute Gasteiger partial charge is 0.351 e. The molecule has 3 amide bonds. The SMILES string of the molecule is CN(C)C(=O)c1ccc(NC(=O)CCNC(=O)c2ccsc2)cc1. The van der Waals surface area contributed by atoms with Crippen molar-refractivity contribution in [1.82, 2.24) is 10.2 Å². The van der Waals surface area contributed by atoms with Crippen molar-refractivity contribution in [1.29, 1.82) is 0 Å². The fourth-order valence-electron chi connectivity index (χ4n) is 1.96. The Morgan fingerprint density at radius 3 is 2.33 bits per heavy atom. The van der Waals surface area contributed by atoms with Crippen LogP contribution >= 0.6 is 11.3 Å². The van der Waals surface area contributed by atoms with Gasteiger partial charge in [0.2, 0.25) is 5.91 Å². The average molecular weight is 345 g/mol. The third kappa shape index (κ3) is 4.92. The maximum atomic E-state index is 11.9. The Hall–Kier alpha value is -2.67. The van der Waals surface area contributed by atoms with E-state index >= 15 is 0 Å². The number of anilines is 1. The summed E-state index contributed by atoms with van der Waals surface area (Å²) in [6.45, 7) is 0.262. The van der Waals surface area contributed by atoms with Gasteiger partial charge in [0.05, 0.1) is 0 Å². The summed E-state index contributed by atoms with van der Waals surface area (Å²) < 4.78 is 0. The Bertz CT molecular complexity index is 709. The van der Waals surface area contributed by atoms with Crippen LogP contribution < -0.4 is 10.6 Å². The molecule has 0 saturated heterocycles. The van der Waals surface area contributed by atoms with Crippen molar-refractivity contribution in [3.05, 3.63) is 52.2 Å². The van der Waals surface area contributed by atoms with E-state index in [-0.39, 0.29) is 30.7 Å². The van der Waals surface area contributed by atoms with Gasteiger partial charge in [0.15, 0.2) is 0 Å². The van der Waals surface area contributed by atoms with Gasteiger partial charge in [-0.05, 0) is 35.7 Å². The van der Waals surface area contributed by atoms with E-state index in [0.717, 1.165) is 0 Å². The number of thiophene rings is 1. The second kappa shape index (κ2) is 8.26. The standard InChI is InChI=1S/C17H19N3O3S/c1-20(2)17(23)12-3-5-14(6-4-12)19-15(21)7-9-18-16(22)13-8-10-24-11-13/h3-6,8,10-11H,7,9H2,1-2H3,(H,18,22)(H,19,21). The quantitative estimate of drug-likeness (QED) is 0.842. The van der Waals surface area contributed by atoms with E-state index in [1.807, 2.05) is 5.38 Å². The van der Waals surface area contributed by atoms with E-state index in [2.05, 4.69) is 10.6 Å². The van der Waals surface area contributed by atoms with Gasteiger partial charge in [-0.1, -0.05) is 0 Å². The lowest BCUT2D eigenvalue weighted by molar-refractivity contribution is -0.116. The summed E-state index contributed by atoms with van der Waals surface area (Å²) >= 11 is 1.45. The lowest BCUT2D eigenvalue weighted by atomic mass is 10.2. The summed E-state index contributed by atoms with van der Waals surface area (Å²) in [6, 6.07) is 8.42. The second-order valence-corrected chi connectivity index (χ2v) is 6.12. The minimum Gasteiger partial charge on any atom is -0.351 e. The van der Waals surface area contributed by atoms with Crippen LogP contribution in [0.15, 0.2) is 41.1 Å². The van der Waals surface area contributed by atoms with E-state index in [0.29, 0.717) is 16.8 Å². The number of carbonyl (C=O) groups excluding carboxylic acids is 3. The summed E-state index contributed by atoms with van der Waals surface area (Å²) in [5, 5.41) is 9.01. The molecule has 126 valence electrons. The first kappa shape index (κ1) is 17.7. The first-order valence-electron chi connectivity index (χ1n) is 7.39. The zero-order valence-electron chi connectivity index (χ0n) is 13.5. The molecule has 0 unspecified atom stereocenters. The molecule has 2 rings (SSSR count). The third-order valence-electron chi connectivity index (χ3n) is 3.24. The predicted molar refractivity (Wildman–Crippen MR) is 94.4 cm³/mol. The first-order valence-corrected chi connectivity index (χ1v) is 8.33. The Labute approximate surface area is 144 Å². The van der Waals surface area contributed by atoms with Crippen LogP contribution in [0.25, 0.3) is 0 Å². The molecule has 0 bridgehead atoms. The molecule has 0 saturated carbocycles.